The third-order valence-corrected chi connectivity index (χ3v) is 4.53. The third-order valence-electron chi connectivity index (χ3n) is 3.99. The minimum absolute atomic E-state index is 0.0797. The molecular weight excluding hydrogens is 417 g/mol. The molecule has 0 N–H and O–H groups in total. The number of carbonyl (C=O) groups is 1. The van der Waals surface area contributed by atoms with Gasteiger partial charge in [0.15, 0.2) is 5.82 Å². The summed E-state index contributed by atoms with van der Waals surface area (Å²) in [6.07, 6.45) is 0.770. The van der Waals surface area contributed by atoms with Crippen LogP contribution in [-0.2, 0) is 0 Å². The summed E-state index contributed by atoms with van der Waals surface area (Å²) in [5, 5.41) is 5.04. The molecule has 0 radical (unpaired) electrons. The fourth-order valence-corrected chi connectivity index (χ4v) is 3.08. The van der Waals surface area contributed by atoms with E-state index in [9.17, 15) is 4.79 Å². The van der Waals surface area contributed by atoms with Gasteiger partial charge in [-0.1, -0.05) is 30.1 Å². The van der Waals surface area contributed by atoms with Crippen molar-refractivity contribution in [1.82, 2.24) is 14.8 Å². The van der Waals surface area contributed by atoms with Crippen LogP contribution in [0.3, 0.4) is 0 Å². The van der Waals surface area contributed by atoms with E-state index in [1.54, 1.807) is 36.4 Å². The van der Waals surface area contributed by atoms with Crippen molar-refractivity contribution in [3.8, 4) is 28.9 Å². The molecule has 7 nitrogen and oxygen atoms in total. The summed E-state index contributed by atoms with van der Waals surface area (Å²) in [6.45, 7) is 2.38. The fraction of sp³-hybridized carbons (Fsp3) is 0.250. The number of halogens is 2. The van der Waals surface area contributed by atoms with Crippen LogP contribution in [0.15, 0.2) is 36.4 Å². The van der Waals surface area contributed by atoms with Crippen molar-refractivity contribution in [2.45, 2.75) is 13.3 Å². The van der Waals surface area contributed by atoms with Gasteiger partial charge >= 0.3 is 6.01 Å². The molecule has 29 heavy (non-hydrogen) atoms. The zero-order chi connectivity index (χ0) is 21.0. The number of methoxy groups -OCH3 is 2. The molecule has 3 rings (SSSR count). The van der Waals surface area contributed by atoms with Gasteiger partial charge in [0.05, 0.1) is 25.8 Å². The van der Waals surface area contributed by atoms with Crippen LogP contribution in [-0.4, -0.2) is 41.5 Å². The molecule has 0 aliphatic heterocycles. The van der Waals surface area contributed by atoms with Crippen LogP contribution in [0.1, 0.15) is 23.7 Å². The number of benzene rings is 2. The smallest absolute Gasteiger partial charge is 0.336 e. The Morgan fingerprint density at radius 3 is 2.34 bits per heavy atom. The van der Waals surface area contributed by atoms with Gasteiger partial charge in [-0.2, -0.15) is 9.67 Å². The van der Waals surface area contributed by atoms with Gasteiger partial charge in [0.2, 0.25) is 0 Å². The number of hydrogen-bond acceptors (Lipinski definition) is 6. The lowest BCUT2D eigenvalue weighted by Crippen LogP contribution is -2.16. The summed E-state index contributed by atoms with van der Waals surface area (Å²) in [6, 6.07) is 9.84. The predicted octanol–water partition coefficient (Wildman–Crippen LogP) is 4.75. The molecule has 2 aromatic carbocycles. The molecule has 3 aromatic rings. The lowest BCUT2D eigenvalue weighted by Gasteiger charge is -2.09. The van der Waals surface area contributed by atoms with Gasteiger partial charge in [0, 0.05) is 22.2 Å². The quantitative estimate of drug-likeness (QED) is 0.532. The van der Waals surface area contributed by atoms with Crippen LogP contribution in [0.25, 0.3) is 11.4 Å². The minimum Gasteiger partial charge on any atom is -0.497 e. The number of ether oxygens (including phenoxy) is 3. The first-order valence-electron chi connectivity index (χ1n) is 8.79. The molecule has 1 heterocycles. The Labute approximate surface area is 178 Å². The van der Waals surface area contributed by atoms with E-state index in [4.69, 9.17) is 37.4 Å². The van der Waals surface area contributed by atoms with E-state index in [2.05, 4.69) is 10.1 Å². The number of rotatable bonds is 7. The predicted molar refractivity (Wildman–Crippen MR) is 111 cm³/mol. The molecule has 0 fully saturated rings. The van der Waals surface area contributed by atoms with Crippen LogP contribution in [0.2, 0.25) is 10.0 Å². The van der Waals surface area contributed by atoms with Crippen molar-refractivity contribution >= 4 is 29.1 Å². The van der Waals surface area contributed by atoms with Crippen LogP contribution in [0, 0.1) is 0 Å². The van der Waals surface area contributed by atoms with Gasteiger partial charge in [0.25, 0.3) is 5.91 Å². The molecule has 0 aliphatic carbocycles. The summed E-state index contributed by atoms with van der Waals surface area (Å²) < 4.78 is 17.2. The van der Waals surface area contributed by atoms with Crippen LogP contribution in [0.5, 0.6) is 17.5 Å². The molecule has 0 spiro atoms. The van der Waals surface area contributed by atoms with Crippen molar-refractivity contribution in [3.05, 3.63) is 52.0 Å². The van der Waals surface area contributed by atoms with Crippen molar-refractivity contribution in [2.75, 3.05) is 20.8 Å². The zero-order valence-electron chi connectivity index (χ0n) is 16.1. The summed E-state index contributed by atoms with van der Waals surface area (Å²) in [5.74, 6) is 0.745. The number of carbonyl (C=O) groups excluding carboxylic acids is 1. The zero-order valence-corrected chi connectivity index (χ0v) is 17.6. The highest BCUT2D eigenvalue weighted by Gasteiger charge is 2.23. The van der Waals surface area contributed by atoms with Crippen molar-refractivity contribution in [3.63, 3.8) is 0 Å². The van der Waals surface area contributed by atoms with Crippen molar-refractivity contribution in [2.24, 2.45) is 0 Å². The van der Waals surface area contributed by atoms with Crippen LogP contribution in [0.4, 0.5) is 0 Å². The highest BCUT2D eigenvalue weighted by atomic mass is 35.5. The molecule has 0 unspecified atom stereocenters. The van der Waals surface area contributed by atoms with E-state index in [0.29, 0.717) is 39.3 Å². The summed E-state index contributed by atoms with van der Waals surface area (Å²) in [5.41, 5.74) is 0.803. The lowest BCUT2D eigenvalue weighted by molar-refractivity contribution is 0.0944. The Kier molecular flexibility index (Phi) is 6.61. The Morgan fingerprint density at radius 2 is 1.76 bits per heavy atom. The monoisotopic (exact) mass is 435 g/mol. The minimum atomic E-state index is -0.443. The molecule has 1 aromatic heterocycles. The highest BCUT2D eigenvalue weighted by Crippen LogP contribution is 2.31. The maximum absolute atomic E-state index is 13.3. The highest BCUT2D eigenvalue weighted by molar-refractivity contribution is 6.36. The Balaban J connectivity index is 2.12. The van der Waals surface area contributed by atoms with Gasteiger partial charge in [-0.25, -0.2) is 0 Å². The van der Waals surface area contributed by atoms with Crippen LogP contribution < -0.4 is 14.2 Å². The topological polar surface area (TPSA) is 75.5 Å². The first kappa shape index (κ1) is 21.0. The SMILES string of the molecule is CCCOc1nc(-c2ccc(Cl)cc2Cl)n(C(=O)c2cc(OC)cc(OC)c2)n1. The fourth-order valence-electron chi connectivity index (χ4n) is 2.59. The Bertz CT molecular complexity index is 1010. The van der Waals surface area contributed by atoms with Crippen molar-refractivity contribution in [1.29, 1.82) is 0 Å². The number of hydrogen-bond donors (Lipinski definition) is 0. The molecular formula is C20H19Cl2N3O4. The van der Waals surface area contributed by atoms with E-state index in [1.807, 2.05) is 6.92 Å². The van der Waals surface area contributed by atoms with E-state index in [-0.39, 0.29) is 11.8 Å². The maximum Gasteiger partial charge on any atom is 0.336 e. The molecule has 0 aliphatic rings. The first-order valence-corrected chi connectivity index (χ1v) is 9.55. The van der Waals surface area contributed by atoms with E-state index < -0.39 is 5.91 Å². The molecule has 9 heteroatoms. The number of nitrogens with zero attached hydrogens (tertiary/aromatic N) is 3. The average Bonchev–Trinajstić information content (AvgIpc) is 3.15. The standard InChI is InChI=1S/C20H19Cl2N3O4/c1-4-7-29-20-23-18(16-6-5-13(21)10-17(16)22)25(24-20)19(26)12-8-14(27-2)11-15(9-12)28-3/h5-6,8-11H,4,7H2,1-3H3. The second kappa shape index (κ2) is 9.15. The van der Waals surface area contributed by atoms with Gasteiger partial charge in [-0.3, -0.25) is 4.79 Å². The van der Waals surface area contributed by atoms with Crippen molar-refractivity contribution < 1.29 is 19.0 Å². The summed E-state index contributed by atoms with van der Waals surface area (Å²) in [4.78, 5) is 17.6. The first-order chi connectivity index (χ1) is 14.0. The number of aromatic nitrogens is 3. The van der Waals surface area contributed by atoms with E-state index >= 15 is 0 Å². The molecule has 0 bridgehead atoms. The molecule has 0 saturated carbocycles. The molecule has 152 valence electrons. The summed E-state index contributed by atoms with van der Waals surface area (Å²) in [7, 11) is 3.02. The van der Waals surface area contributed by atoms with Gasteiger partial charge in [-0.05, 0) is 36.8 Å². The van der Waals surface area contributed by atoms with E-state index in [1.165, 1.54) is 14.2 Å². The normalized spacial score (nSPS) is 10.7. The lowest BCUT2D eigenvalue weighted by atomic mass is 10.1. The van der Waals surface area contributed by atoms with E-state index in [0.717, 1.165) is 11.1 Å². The maximum atomic E-state index is 13.3. The second-order valence-corrected chi connectivity index (χ2v) is 6.85. The third kappa shape index (κ3) is 4.63. The molecule has 0 saturated heterocycles. The van der Waals surface area contributed by atoms with Crippen LogP contribution >= 0.6 is 23.2 Å². The van der Waals surface area contributed by atoms with Gasteiger partial charge in [-0.15, -0.1) is 5.10 Å². The second-order valence-electron chi connectivity index (χ2n) is 6.01. The van der Waals surface area contributed by atoms with Gasteiger partial charge < -0.3 is 14.2 Å². The van der Waals surface area contributed by atoms with Gasteiger partial charge in [0.1, 0.15) is 11.5 Å². The average molecular weight is 436 g/mol. The Hall–Kier alpha value is -2.77. The molecule has 0 amide bonds. The summed E-state index contributed by atoms with van der Waals surface area (Å²) >= 11 is 12.3. The largest absolute Gasteiger partial charge is 0.497 e. The Morgan fingerprint density at radius 1 is 1.07 bits per heavy atom. The molecule has 0 atom stereocenters.